The first-order valence-electron chi connectivity index (χ1n) is 7.94. The van der Waals surface area contributed by atoms with Crippen molar-refractivity contribution >= 4 is 35.1 Å². The summed E-state index contributed by atoms with van der Waals surface area (Å²) in [5.74, 6) is -0.00560. The Balaban J connectivity index is 1.77. The second-order valence-electron chi connectivity index (χ2n) is 5.86. The van der Waals surface area contributed by atoms with Gasteiger partial charge >= 0.3 is 5.97 Å². The van der Waals surface area contributed by atoms with E-state index in [-0.39, 0.29) is 18.3 Å². The van der Waals surface area contributed by atoms with Crippen LogP contribution >= 0.6 is 23.2 Å². The van der Waals surface area contributed by atoms with E-state index in [1.807, 2.05) is 0 Å². The molecule has 0 radical (unpaired) electrons. The van der Waals surface area contributed by atoms with Crippen molar-refractivity contribution in [3.05, 3.63) is 28.2 Å². The van der Waals surface area contributed by atoms with Crippen LogP contribution in [0, 0.1) is 0 Å². The number of carbonyl (C=O) groups excluding carboxylic acids is 2. The third kappa shape index (κ3) is 4.77. The highest BCUT2D eigenvalue weighted by molar-refractivity contribution is 6.35. The molecule has 0 spiro atoms. The zero-order valence-corrected chi connectivity index (χ0v) is 15.1. The molecule has 1 aromatic carbocycles. The lowest BCUT2D eigenvalue weighted by molar-refractivity contribution is -0.150. The number of benzene rings is 1. The minimum absolute atomic E-state index is 0.173. The summed E-state index contributed by atoms with van der Waals surface area (Å²) in [5, 5.41) is 3.82. The molecule has 0 unspecified atom stereocenters. The van der Waals surface area contributed by atoms with Crippen molar-refractivity contribution in [1.82, 2.24) is 5.32 Å². The van der Waals surface area contributed by atoms with Crippen molar-refractivity contribution in [2.45, 2.75) is 44.1 Å². The van der Waals surface area contributed by atoms with E-state index >= 15 is 0 Å². The van der Waals surface area contributed by atoms with Gasteiger partial charge in [-0.25, -0.2) is 4.79 Å². The van der Waals surface area contributed by atoms with Gasteiger partial charge in [-0.1, -0.05) is 36.0 Å². The van der Waals surface area contributed by atoms with Crippen LogP contribution in [0.5, 0.6) is 5.75 Å². The fraction of sp³-hybridized carbons (Fsp3) is 0.529. The molecule has 1 aliphatic rings. The van der Waals surface area contributed by atoms with Crippen molar-refractivity contribution in [2.75, 3.05) is 13.7 Å². The Morgan fingerprint density at radius 3 is 2.58 bits per heavy atom. The van der Waals surface area contributed by atoms with Gasteiger partial charge in [-0.2, -0.15) is 0 Å². The van der Waals surface area contributed by atoms with E-state index in [2.05, 4.69) is 5.32 Å². The van der Waals surface area contributed by atoms with Crippen LogP contribution in [-0.2, 0) is 14.3 Å². The van der Waals surface area contributed by atoms with Crippen LogP contribution in [0.2, 0.25) is 10.0 Å². The number of hydrogen-bond acceptors (Lipinski definition) is 4. The van der Waals surface area contributed by atoms with Crippen molar-refractivity contribution < 1.29 is 19.1 Å². The van der Waals surface area contributed by atoms with Crippen LogP contribution in [0.15, 0.2) is 18.2 Å². The molecular weight excluding hydrogens is 353 g/mol. The molecule has 132 valence electrons. The molecule has 0 aliphatic heterocycles. The van der Waals surface area contributed by atoms with Gasteiger partial charge in [0.05, 0.1) is 18.7 Å². The summed E-state index contributed by atoms with van der Waals surface area (Å²) in [7, 11) is 1.35. The number of hydrogen-bond donors (Lipinski definition) is 1. The lowest BCUT2D eigenvalue weighted by Gasteiger charge is -2.27. The molecule has 2 rings (SSSR count). The molecule has 0 heterocycles. The number of ether oxygens (including phenoxy) is 2. The summed E-state index contributed by atoms with van der Waals surface area (Å²) in [6.07, 6.45) is 3.86. The van der Waals surface area contributed by atoms with Crippen LogP contribution in [-0.4, -0.2) is 31.1 Å². The van der Waals surface area contributed by atoms with Crippen molar-refractivity contribution in [1.29, 1.82) is 0 Å². The Hall–Kier alpha value is -1.46. The van der Waals surface area contributed by atoms with Gasteiger partial charge in [0, 0.05) is 11.4 Å². The standard InChI is InChI=1S/C17H21Cl2NO4/c1-23-16(22)17(8-2-3-9-17)20-15(21)5-4-10-24-14-7-6-12(18)11-13(14)19/h6-7,11H,2-5,8-10H2,1H3,(H,20,21). The SMILES string of the molecule is COC(=O)C1(NC(=O)CCCOc2ccc(Cl)cc2Cl)CCCC1. The maximum atomic E-state index is 12.1. The van der Waals surface area contributed by atoms with E-state index in [1.54, 1.807) is 18.2 Å². The number of halogens is 2. The van der Waals surface area contributed by atoms with Gasteiger partial charge in [0.15, 0.2) is 0 Å². The first-order chi connectivity index (χ1) is 11.5. The number of amides is 1. The van der Waals surface area contributed by atoms with E-state index in [1.165, 1.54) is 7.11 Å². The Kier molecular flexibility index (Phi) is 6.75. The molecule has 7 heteroatoms. The average molecular weight is 374 g/mol. The van der Waals surface area contributed by atoms with Crippen molar-refractivity contribution in [3.63, 3.8) is 0 Å². The Labute approximate surface area is 151 Å². The van der Waals surface area contributed by atoms with Crippen molar-refractivity contribution in [3.8, 4) is 5.75 Å². The maximum absolute atomic E-state index is 12.1. The van der Waals surface area contributed by atoms with E-state index in [0.29, 0.717) is 41.7 Å². The fourth-order valence-corrected chi connectivity index (χ4v) is 3.35. The van der Waals surface area contributed by atoms with E-state index < -0.39 is 5.54 Å². The zero-order chi connectivity index (χ0) is 17.6. The number of nitrogens with one attached hydrogen (secondary N) is 1. The smallest absolute Gasteiger partial charge is 0.331 e. The highest BCUT2D eigenvalue weighted by atomic mass is 35.5. The minimum Gasteiger partial charge on any atom is -0.492 e. The Morgan fingerprint density at radius 1 is 1.25 bits per heavy atom. The van der Waals surface area contributed by atoms with Crippen LogP contribution in [0.1, 0.15) is 38.5 Å². The molecule has 1 N–H and O–H groups in total. The molecule has 1 aliphatic carbocycles. The molecule has 5 nitrogen and oxygen atoms in total. The first kappa shape index (κ1) is 18.9. The van der Waals surface area contributed by atoms with Gasteiger partial charge in [0.1, 0.15) is 11.3 Å². The summed E-state index contributed by atoms with van der Waals surface area (Å²) in [4.78, 5) is 24.1. The molecule has 24 heavy (non-hydrogen) atoms. The number of esters is 1. The number of methoxy groups -OCH3 is 1. The monoisotopic (exact) mass is 373 g/mol. The largest absolute Gasteiger partial charge is 0.492 e. The number of rotatable bonds is 7. The fourth-order valence-electron chi connectivity index (χ4n) is 2.89. The maximum Gasteiger partial charge on any atom is 0.331 e. The average Bonchev–Trinajstić information content (AvgIpc) is 3.02. The van der Waals surface area contributed by atoms with Gasteiger partial charge < -0.3 is 14.8 Å². The van der Waals surface area contributed by atoms with Gasteiger partial charge in [-0.3, -0.25) is 4.79 Å². The van der Waals surface area contributed by atoms with Crippen LogP contribution < -0.4 is 10.1 Å². The van der Waals surface area contributed by atoms with Gasteiger partial charge in [0.25, 0.3) is 0 Å². The van der Waals surface area contributed by atoms with E-state index in [4.69, 9.17) is 32.7 Å². The van der Waals surface area contributed by atoms with Crippen molar-refractivity contribution in [2.24, 2.45) is 0 Å². The molecule has 1 amide bonds. The van der Waals surface area contributed by atoms with Crippen LogP contribution in [0.4, 0.5) is 0 Å². The summed E-state index contributed by atoms with van der Waals surface area (Å²) in [6.45, 7) is 0.347. The Bertz CT molecular complexity index is 600. The van der Waals surface area contributed by atoms with Gasteiger partial charge in [-0.15, -0.1) is 0 Å². The topological polar surface area (TPSA) is 64.6 Å². The molecule has 0 atom stereocenters. The minimum atomic E-state index is -0.855. The highest BCUT2D eigenvalue weighted by Gasteiger charge is 2.43. The molecule has 0 bridgehead atoms. The van der Waals surface area contributed by atoms with Gasteiger partial charge in [-0.05, 0) is 37.5 Å². The molecule has 1 saturated carbocycles. The summed E-state index contributed by atoms with van der Waals surface area (Å²) in [5.41, 5.74) is -0.855. The Morgan fingerprint density at radius 2 is 1.96 bits per heavy atom. The van der Waals surface area contributed by atoms with Gasteiger partial charge in [0.2, 0.25) is 5.91 Å². The predicted molar refractivity (Wildman–Crippen MR) is 92.5 cm³/mol. The third-order valence-corrected chi connectivity index (χ3v) is 4.64. The third-order valence-electron chi connectivity index (χ3n) is 4.11. The summed E-state index contributed by atoms with van der Waals surface area (Å²) >= 11 is 11.8. The molecule has 1 aromatic rings. The van der Waals surface area contributed by atoms with E-state index in [9.17, 15) is 9.59 Å². The molecular formula is C17H21Cl2NO4. The predicted octanol–water partition coefficient (Wildman–Crippen LogP) is 3.75. The molecule has 0 saturated heterocycles. The summed E-state index contributed by atoms with van der Waals surface area (Å²) in [6, 6.07) is 4.98. The zero-order valence-electron chi connectivity index (χ0n) is 13.6. The van der Waals surface area contributed by atoms with Crippen LogP contribution in [0.25, 0.3) is 0 Å². The normalized spacial score (nSPS) is 15.8. The molecule has 1 fully saturated rings. The lowest BCUT2D eigenvalue weighted by Crippen LogP contribution is -2.53. The number of carbonyl (C=O) groups is 2. The summed E-state index contributed by atoms with van der Waals surface area (Å²) < 4.78 is 10.4. The second-order valence-corrected chi connectivity index (χ2v) is 6.70. The lowest BCUT2D eigenvalue weighted by atomic mass is 9.97. The van der Waals surface area contributed by atoms with Crippen LogP contribution in [0.3, 0.4) is 0 Å². The molecule has 0 aromatic heterocycles. The van der Waals surface area contributed by atoms with E-state index in [0.717, 1.165) is 12.8 Å². The highest BCUT2D eigenvalue weighted by Crippen LogP contribution is 2.31. The quantitative estimate of drug-likeness (QED) is 0.583. The second kappa shape index (κ2) is 8.58. The first-order valence-corrected chi connectivity index (χ1v) is 8.70.